The van der Waals surface area contributed by atoms with Gasteiger partial charge in [-0.25, -0.2) is 4.79 Å². The Hall–Kier alpha value is -1.26. The number of rotatable bonds is 5. The average Bonchev–Trinajstić information content (AvgIpc) is 2.43. The molecule has 0 saturated carbocycles. The SMILES string of the molecule is CCC1(C(=O)O)CCN(C(=O)N(CC(C)C)C(C)C)CC1. The molecule has 1 fully saturated rings. The van der Waals surface area contributed by atoms with Crippen molar-refractivity contribution in [3.63, 3.8) is 0 Å². The first kappa shape index (κ1) is 17.8. The third kappa shape index (κ3) is 4.11. The summed E-state index contributed by atoms with van der Waals surface area (Å²) in [5.41, 5.74) is -0.641. The van der Waals surface area contributed by atoms with E-state index in [1.807, 2.05) is 30.6 Å². The number of carbonyl (C=O) groups excluding carboxylic acids is 1. The minimum absolute atomic E-state index is 0.0498. The van der Waals surface area contributed by atoms with Gasteiger partial charge < -0.3 is 14.9 Å². The summed E-state index contributed by atoms with van der Waals surface area (Å²) < 4.78 is 0. The Bertz CT molecular complexity index is 372. The number of hydrogen-bond donors (Lipinski definition) is 1. The molecule has 1 aliphatic heterocycles. The van der Waals surface area contributed by atoms with Crippen LogP contribution in [0.4, 0.5) is 4.79 Å². The standard InChI is InChI=1S/C16H30N2O3/c1-6-16(14(19)20)7-9-17(10-8-16)15(21)18(13(4)5)11-12(2)3/h12-13H,6-11H2,1-5H3,(H,19,20). The zero-order valence-electron chi connectivity index (χ0n) is 14.1. The first-order chi connectivity index (χ1) is 9.73. The molecule has 0 aromatic heterocycles. The summed E-state index contributed by atoms with van der Waals surface area (Å²) in [7, 11) is 0. The van der Waals surface area contributed by atoms with E-state index >= 15 is 0 Å². The molecule has 1 heterocycles. The van der Waals surface area contributed by atoms with Crippen molar-refractivity contribution in [1.29, 1.82) is 0 Å². The van der Waals surface area contributed by atoms with Gasteiger partial charge in [0.2, 0.25) is 0 Å². The Morgan fingerprint density at radius 2 is 1.71 bits per heavy atom. The second-order valence-electron chi connectivity index (χ2n) is 6.85. The van der Waals surface area contributed by atoms with Crippen molar-refractivity contribution in [1.82, 2.24) is 9.80 Å². The van der Waals surface area contributed by atoms with Crippen molar-refractivity contribution in [3.8, 4) is 0 Å². The Labute approximate surface area is 128 Å². The highest BCUT2D eigenvalue weighted by Crippen LogP contribution is 2.35. The van der Waals surface area contributed by atoms with Crippen LogP contribution in [0, 0.1) is 11.3 Å². The lowest BCUT2D eigenvalue weighted by atomic mass is 9.76. The molecule has 122 valence electrons. The molecule has 0 spiro atoms. The molecule has 0 unspecified atom stereocenters. The Morgan fingerprint density at radius 1 is 1.19 bits per heavy atom. The molecular weight excluding hydrogens is 268 g/mol. The summed E-state index contributed by atoms with van der Waals surface area (Å²) in [5.74, 6) is -0.296. The number of carbonyl (C=O) groups is 2. The van der Waals surface area contributed by atoms with E-state index in [4.69, 9.17) is 0 Å². The molecule has 1 aliphatic rings. The molecule has 0 aromatic carbocycles. The van der Waals surface area contributed by atoms with Gasteiger partial charge in [0.25, 0.3) is 0 Å². The number of hydrogen-bond acceptors (Lipinski definition) is 2. The number of nitrogens with zero attached hydrogens (tertiary/aromatic N) is 2. The van der Waals surface area contributed by atoms with Crippen LogP contribution in [0.1, 0.15) is 53.9 Å². The van der Waals surface area contributed by atoms with Crippen molar-refractivity contribution < 1.29 is 14.7 Å². The quantitative estimate of drug-likeness (QED) is 0.848. The van der Waals surface area contributed by atoms with E-state index in [9.17, 15) is 14.7 Å². The molecule has 5 nitrogen and oxygen atoms in total. The van der Waals surface area contributed by atoms with Crippen LogP contribution in [-0.4, -0.2) is 52.6 Å². The summed E-state index contributed by atoms with van der Waals surface area (Å²) >= 11 is 0. The first-order valence-electron chi connectivity index (χ1n) is 8.02. The van der Waals surface area contributed by atoms with Crippen LogP contribution in [0.5, 0.6) is 0 Å². The Kier molecular flexibility index (Phi) is 6.05. The molecule has 0 aliphatic carbocycles. The minimum Gasteiger partial charge on any atom is -0.481 e. The molecule has 5 heteroatoms. The van der Waals surface area contributed by atoms with E-state index in [0.29, 0.717) is 38.3 Å². The summed E-state index contributed by atoms with van der Waals surface area (Å²) in [5, 5.41) is 9.42. The molecule has 1 rings (SSSR count). The molecule has 0 aromatic rings. The lowest BCUT2D eigenvalue weighted by molar-refractivity contribution is -0.152. The summed E-state index contributed by atoms with van der Waals surface area (Å²) in [6.07, 6.45) is 1.74. The molecule has 21 heavy (non-hydrogen) atoms. The van der Waals surface area contributed by atoms with Crippen LogP contribution in [-0.2, 0) is 4.79 Å². The van der Waals surface area contributed by atoms with E-state index in [1.165, 1.54) is 0 Å². The first-order valence-corrected chi connectivity index (χ1v) is 8.02. The molecule has 0 bridgehead atoms. The number of piperidine rings is 1. The number of aliphatic carboxylic acids is 1. The van der Waals surface area contributed by atoms with E-state index in [1.54, 1.807) is 0 Å². The van der Waals surface area contributed by atoms with Gasteiger partial charge in [0.05, 0.1) is 5.41 Å². The monoisotopic (exact) mass is 298 g/mol. The maximum absolute atomic E-state index is 12.6. The number of urea groups is 1. The maximum Gasteiger partial charge on any atom is 0.320 e. The van der Waals surface area contributed by atoms with Crippen molar-refractivity contribution in [2.45, 2.75) is 59.9 Å². The van der Waals surface area contributed by atoms with E-state index in [0.717, 1.165) is 6.54 Å². The third-order valence-corrected chi connectivity index (χ3v) is 4.55. The number of carboxylic acids is 1. The summed E-state index contributed by atoms with van der Waals surface area (Å²) in [6.45, 7) is 12.0. The fourth-order valence-electron chi connectivity index (χ4n) is 2.93. The van der Waals surface area contributed by atoms with Crippen molar-refractivity contribution >= 4 is 12.0 Å². The van der Waals surface area contributed by atoms with Crippen LogP contribution in [0.25, 0.3) is 0 Å². The third-order valence-electron chi connectivity index (χ3n) is 4.55. The van der Waals surface area contributed by atoms with Crippen LogP contribution < -0.4 is 0 Å². The molecule has 0 radical (unpaired) electrons. The van der Waals surface area contributed by atoms with Gasteiger partial charge in [0.1, 0.15) is 0 Å². The van der Waals surface area contributed by atoms with Gasteiger partial charge in [-0.1, -0.05) is 20.8 Å². The lowest BCUT2D eigenvalue weighted by Crippen LogP contribution is -2.52. The summed E-state index contributed by atoms with van der Waals surface area (Å²) in [4.78, 5) is 27.8. The highest BCUT2D eigenvalue weighted by atomic mass is 16.4. The van der Waals surface area contributed by atoms with Crippen LogP contribution in [0.3, 0.4) is 0 Å². The van der Waals surface area contributed by atoms with E-state index in [-0.39, 0.29) is 12.1 Å². The van der Waals surface area contributed by atoms with Crippen LogP contribution in [0.2, 0.25) is 0 Å². The minimum atomic E-state index is -0.722. The van der Waals surface area contributed by atoms with Crippen molar-refractivity contribution in [3.05, 3.63) is 0 Å². The molecule has 0 atom stereocenters. The van der Waals surface area contributed by atoms with Gasteiger partial charge in [-0.2, -0.15) is 0 Å². The topological polar surface area (TPSA) is 60.9 Å². The van der Waals surface area contributed by atoms with Gasteiger partial charge in [0, 0.05) is 25.7 Å². The molecule has 1 N–H and O–H groups in total. The smallest absolute Gasteiger partial charge is 0.320 e. The van der Waals surface area contributed by atoms with Gasteiger partial charge in [-0.05, 0) is 39.0 Å². The van der Waals surface area contributed by atoms with Gasteiger partial charge >= 0.3 is 12.0 Å². The second kappa shape index (κ2) is 7.14. The highest BCUT2D eigenvalue weighted by molar-refractivity contribution is 5.77. The van der Waals surface area contributed by atoms with Crippen molar-refractivity contribution in [2.75, 3.05) is 19.6 Å². The fourth-order valence-corrected chi connectivity index (χ4v) is 2.93. The average molecular weight is 298 g/mol. The lowest BCUT2D eigenvalue weighted by Gasteiger charge is -2.41. The van der Waals surface area contributed by atoms with Crippen molar-refractivity contribution in [2.24, 2.45) is 11.3 Å². The van der Waals surface area contributed by atoms with Gasteiger partial charge in [0.15, 0.2) is 0 Å². The Morgan fingerprint density at radius 3 is 2.05 bits per heavy atom. The van der Waals surface area contributed by atoms with Gasteiger partial charge in [-0.15, -0.1) is 0 Å². The normalized spacial score (nSPS) is 18.1. The zero-order chi connectivity index (χ0) is 16.2. The Balaban J connectivity index is 2.71. The summed E-state index contributed by atoms with van der Waals surface area (Å²) in [6, 6.07) is 0.214. The predicted molar refractivity (Wildman–Crippen MR) is 83.2 cm³/mol. The van der Waals surface area contributed by atoms with Crippen LogP contribution >= 0.6 is 0 Å². The number of amides is 2. The highest BCUT2D eigenvalue weighted by Gasteiger charge is 2.41. The number of likely N-dealkylation sites (tertiary alicyclic amines) is 1. The van der Waals surface area contributed by atoms with Gasteiger partial charge in [-0.3, -0.25) is 4.79 Å². The van der Waals surface area contributed by atoms with E-state index < -0.39 is 11.4 Å². The zero-order valence-corrected chi connectivity index (χ0v) is 14.1. The largest absolute Gasteiger partial charge is 0.481 e. The molecule has 1 saturated heterocycles. The predicted octanol–water partition coefficient (Wildman–Crippen LogP) is 3.05. The molecule has 2 amide bonds. The second-order valence-corrected chi connectivity index (χ2v) is 6.85. The maximum atomic E-state index is 12.6. The van der Waals surface area contributed by atoms with Crippen LogP contribution in [0.15, 0.2) is 0 Å². The van der Waals surface area contributed by atoms with E-state index in [2.05, 4.69) is 13.8 Å². The molecular formula is C16H30N2O3. The fraction of sp³-hybridized carbons (Fsp3) is 0.875. The number of carboxylic acid groups (broad SMARTS) is 1.